The summed E-state index contributed by atoms with van der Waals surface area (Å²) in [4.78, 5) is 0. The third kappa shape index (κ3) is 3.24. The summed E-state index contributed by atoms with van der Waals surface area (Å²) in [7, 11) is 0. The predicted octanol–water partition coefficient (Wildman–Crippen LogP) is 4.52. The van der Waals surface area contributed by atoms with E-state index in [0.29, 0.717) is 18.5 Å². The minimum Gasteiger partial charge on any atom is -0.356 e. The van der Waals surface area contributed by atoms with Crippen LogP contribution >= 0.6 is 0 Å². The Hall–Kier alpha value is -2.46. The van der Waals surface area contributed by atoms with Gasteiger partial charge in [-0.05, 0) is 36.5 Å². The second-order valence-electron chi connectivity index (χ2n) is 6.35. The Kier molecular flexibility index (Phi) is 4.13. The maximum absolute atomic E-state index is 13.3. The molecule has 3 nitrogen and oxygen atoms in total. The Morgan fingerprint density at radius 2 is 1.88 bits per heavy atom. The van der Waals surface area contributed by atoms with Gasteiger partial charge in [-0.2, -0.15) is 0 Å². The number of nitrogens with one attached hydrogen (secondary N) is 1. The zero-order valence-corrected chi connectivity index (χ0v) is 13.3. The van der Waals surface area contributed by atoms with Crippen molar-refractivity contribution in [2.24, 2.45) is 0 Å². The molecule has 4 rings (SSSR count). The molecule has 0 amide bonds. The fraction of sp³-hybridized carbons (Fsp3) is 0.250. The van der Waals surface area contributed by atoms with Gasteiger partial charge in [0.1, 0.15) is 5.82 Å². The van der Waals surface area contributed by atoms with Gasteiger partial charge in [0.2, 0.25) is 0 Å². The van der Waals surface area contributed by atoms with Gasteiger partial charge >= 0.3 is 0 Å². The Labute approximate surface area is 140 Å². The maximum atomic E-state index is 13.3. The molecule has 122 valence electrons. The van der Waals surface area contributed by atoms with Crippen molar-refractivity contribution in [3.63, 3.8) is 0 Å². The van der Waals surface area contributed by atoms with E-state index in [0.717, 1.165) is 35.4 Å². The fourth-order valence-corrected chi connectivity index (χ4v) is 3.20. The van der Waals surface area contributed by atoms with Gasteiger partial charge in [0, 0.05) is 24.2 Å². The fourth-order valence-electron chi connectivity index (χ4n) is 3.20. The first-order valence-corrected chi connectivity index (χ1v) is 8.28. The van der Waals surface area contributed by atoms with Gasteiger partial charge in [-0.15, -0.1) is 0 Å². The molecule has 1 aliphatic rings. The molecule has 0 radical (unpaired) electrons. The number of benzene rings is 2. The standard InChI is InChI=1S/C20H19FN2O/c21-17-8-4-7-15(9-17)16-10-18(11-16)22-13-19-12-20(24-23-19)14-5-2-1-3-6-14/h1-9,12,16,18,22H,10-11,13H2. The van der Waals surface area contributed by atoms with E-state index in [4.69, 9.17) is 4.52 Å². The van der Waals surface area contributed by atoms with Crippen LogP contribution in [0.4, 0.5) is 4.39 Å². The molecule has 0 aliphatic heterocycles. The van der Waals surface area contributed by atoms with Crippen molar-refractivity contribution in [2.45, 2.75) is 31.3 Å². The molecule has 1 aromatic heterocycles. The summed E-state index contributed by atoms with van der Waals surface area (Å²) in [5, 5.41) is 7.62. The lowest BCUT2D eigenvalue weighted by molar-refractivity contribution is 0.286. The maximum Gasteiger partial charge on any atom is 0.167 e. The zero-order valence-electron chi connectivity index (χ0n) is 13.3. The van der Waals surface area contributed by atoms with E-state index in [2.05, 4.69) is 10.5 Å². The van der Waals surface area contributed by atoms with Crippen LogP contribution in [0.1, 0.15) is 30.0 Å². The van der Waals surface area contributed by atoms with Crippen molar-refractivity contribution in [3.05, 3.63) is 77.7 Å². The normalized spacial score (nSPS) is 19.9. The van der Waals surface area contributed by atoms with Crippen molar-refractivity contribution in [3.8, 4) is 11.3 Å². The monoisotopic (exact) mass is 322 g/mol. The first-order chi connectivity index (χ1) is 11.8. The second kappa shape index (κ2) is 6.57. The van der Waals surface area contributed by atoms with Crippen LogP contribution in [0.5, 0.6) is 0 Å². The predicted molar refractivity (Wildman–Crippen MR) is 90.9 cm³/mol. The summed E-state index contributed by atoms with van der Waals surface area (Å²) in [6.07, 6.45) is 2.07. The van der Waals surface area contributed by atoms with E-state index in [1.165, 1.54) is 6.07 Å². The van der Waals surface area contributed by atoms with Crippen LogP contribution in [0.3, 0.4) is 0 Å². The lowest BCUT2D eigenvalue weighted by Gasteiger charge is -2.36. The lowest BCUT2D eigenvalue weighted by atomic mass is 9.76. The van der Waals surface area contributed by atoms with Crippen molar-refractivity contribution >= 4 is 0 Å². The largest absolute Gasteiger partial charge is 0.356 e. The van der Waals surface area contributed by atoms with Crippen molar-refractivity contribution < 1.29 is 8.91 Å². The zero-order chi connectivity index (χ0) is 16.4. The Balaban J connectivity index is 1.29. The molecule has 1 saturated carbocycles. The Morgan fingerprint density at radius 3 is 2.67 bits per heavy atom. The van der Waals surface area contributed by atoms with E-state index >= 15 is 0 Å². The molecule has 0 atom stereocenters. The van der Waals surface area contributed by atoms with Gasteiger partial charge in [-0.1, -0.05) is 47.6 Å². The topological polar surface area (TPSA) is 38.1 Å². The van der Waals surface area contributed by atoms with Crippen molar-refractivity contribution in [1.29, 1.82) is 0 Å². The highest BCUT2D eigenvalue weighted by molar-refractivity contribution is 5.56. The molecule has 1 heterocycles. The van der Waals surface area contributed by atoms with Gasteiger partial charge in [-0.3, -0.25) is 0 Å². The highest BCUT2D eigenvalue weighted by Crippen LogP contribution is 2.37. The van der Waals surface area contributed by atoms with E-state index in [1.807, 2.05) is 42.5 Å². The summed E-state index contributed by atoms with van der Waals surface area (Å²) >= 11 is 0. The van der Waals surface area contributed by atoms with E-state index < -0.39 is 0 Å². The summed E-state index contributed by atoms with van der Waals surface area (Å²) in [6.45, 7) is 0.691. The van der Waals surface area contributed by atoms with Crippen LogP contribution in [0.25, 0.3) is 11.3 Å². The third-order valence-corrected chi connectivity index (χ3v) is 4.65. The van der Waals surface area contributed by atoms with Crippen LogP contribution < -0.4 is 5.32 Å². The summed E-state index contributed by atoms with van der Waals surface area (Å²) in [6, 6.07) is 19.3. The molecule has 1 fully saturated rings. The van der Waals surface area contributed by atoms with Crippen LogP contribution in [0.15, 0.2) is 65.2 Å². The average Bonchev–Trinajstić information content (AvgIpc) is 3.03. The molecule has 4 heteroatoms. The minimum atomic E-state index is -0.153. The molecule has 0 unspecified atom stereocenters. The van der Waals surface area contributed by atoms with Crippen LogP contribution in [-0.4, -0.2) is 11.2 Å². The average molecular weight is 322 g/mol. The van der Waals surface area contributed by atoms with Gasteiger partial charge in [-0.25, -0.2) is 4.39 Å². The number of aromatic nitrogens is 1. The number of nitrogens with zero attached hydrogens (tertiary/aromatic N) is 1. The molecule has 0 saturated heterocycles. The van der Waals surface area contributed by atoms with E-state index in [9.17, 15) is 4.39 Å². The molecule has 24 heavy (non-hydrogen) atoms. The first kappa shape index (κ1) is 15.1. The molecule has 1 aliphatic carbocycles. The Bertz CT molecular complexity index is 809. The smallest absolute Gasteiger partial charge is 0.167 e. The summed E-state index contributed by atoms with van der Waals surface area (Å²) < 4.78 is 18.7. The van der Waals surface area contributed by atoms with E-state index in [-0.39, 0.29) is 5.82 Å². The van der Waals surface area contributed by atoms with Gasteiger partial charge in [0.25, 0.3) is 0 Å². The van der Waals surface area contributed by atoms with Gasteiger partial charge in [0.15, 0.2) is 5.76 Å². The lowest BCUT2D eigenvalue weighted by Crippen LogP contribution is -2.39. The van der Waals surface area contributed by atoms with Gasteiger partial charge in [0.05, 0.1) is 5.69 Å². The third-order valence-electron chi connectivity index (χ3n) is 4.65. The van der Waals surface area contributed by atoms with Crippen LogP contribution in [0, 0.1) is 5.82 Å². The van der Waals surface area contributed by atoms with Crippen molar-refractivity contribution in [1.82, 2.24) is 10.5 Å². The quantitative estimate of drug-likeness (QED) is 0.751. The minimum absolute atomic E-state index is 0.153. The molecule has 3 aromatic rings. The molecular weight excluding hydrogens is 303 g/mol. The summed E-state index contributed by atoms with van der Waals surface area (Å²) in [5.41, 5.74) is 3.04. The second-order valence-corrected chi connectivity index (χ2v) is 6.35. The number of halogens is 1. The summed E-state index contributed by atoms with van der Waals surface area (Å²) in [5.74, 6) is 1.09. The molecular formula is C20H19FN2O. The molecule has 1 N–H and O–H groups in total. The highest BCUT2D eigenvalue weighted by Gasteiger charge is 2.30. The highest BCUT2D eigenvalue weighted by atomic mass is 19.1. The van der Waals surface area contributed by atoms with E-state index in [1.54, 1.807) is 12.1 Å². The van der Waals surface area contributed by atoms with Crippen molar-refractivity contribution in [2.75, 3.05) is 0 Å². The SMILES string of the molecule is Fc1cccc(C2CC(NCc3cc(-c4ccccc4)on3)C2)c1. The number of hydrogen-bond acceptors (Lipinski definition) is 3. The van der Waals surface area contributed by atoms with Gasteiger partial charge < -0.3 is 9.84 Å². The van der Waals surface area contributed by atoms with Crippen LogP contribution in [0.2, 0.25) is 0 Å². The Morgan fingerprint density at radius 1 is 1.04 bits per heavy atom. The molecule has 0 spiro atoms. The van der Waals surface area contributed by atoms with Crippen LogP contribution in [-0.2, 0) is 6.54 Å². The molecule has 0 bridgehead atoms. The molecule has 2 aromatic carbocycles. The first-order valence-electron chi connectivity index (χ1n) is 8.28. The number of rotatable bonds is 5. The number of hydrogen-bond donors (Lipinski definition) is 1.